The van der Waals surface area contributed by atoms with E-state index in [1.54, 1.807) is 6.92 Å². The van der Waals surface area contributed by atoms with Crippen LogP contribution in [0.15, 0.2) is 12.1 Å². The lowest BCUT2D eigenvalue weighted by molar-refractivity contribution is -0.143. The molecular weight excluding hydrogens is 246 g/mol. The third-order valence-corrected chi connectivity index (χ3v) is 4.06. The van der Waals surface area contributed by atoms with Gasteiger partial charge >= 0.3 is 5.97 Å². The van der Waals surface area contributed by atoms with Crippen LogP contribution in [0.1, 0.15) is 18.7 Å². The number of thiophene rings is 1. The van der Waals surface area contributed by atoms with Crippen LogP contribution in [-0.4, -0.2) is 29.1 Å². The van der Waals surface area contributed by atoms with Crippen LogP contribution >= 0.6 is 22.9 Å². The normalized spacial score (nSPS) is 15.1. The van der Waals surface area contributed by atoms with E-state index in [-0.39, 0.29) is 12.0 Å². The van der Waals surface area contributed by atoms with Crippen LogP contribution in [0.4, 0.5) is 0 Å². The molecule has 2 unspecified atom stereocenters. The first kappa shape index (κ1) is 13.5. The number of rotatable bonds is 5. The Kier molecular flexibility index (Phi) is 4.77. The van der Waals surface area contributed by atoms with E-state index in [1.165, 1.54) is 11.3 Å². The molecule has 0 spiro atoms. The quantitative estimate of drug-likeness (QED) is 0.886. The molecule has 0 saturated carbocycles. The second-order valence-corrected chi connectivity index (χ2v) is 5.79. The fourth-order valence-electron chi connectivity index (χ4n) is 1.41. The number of nitrogens with zero attached hydrogens (tertiary/aromatic N) is 1. The van der Waals surface area contributed by atoms with E-state index in [1.807, 2.05) is 31.0 Å². The van der Waals surface area contributed by atoms with E-state index in [2.05, 4.69) is 0 Å². The van der Waals surface area contributed by atoms with Gasteiger partial charge in [0.25, 0.3) is 0 Å². The molecule has 1 aromatic rings. The minimum Gasteiger partial charge on any atom is -0.481 e. The number of carboxylic acids is 1. The Bertz CT molecular complexity index is 367. The van der Waals surface area contributed by atoms with Gasteiger partial charge < -0.3 is 5.11 Å². The van der Waals surface area contributed by atoms with Gasteiger partial charge in [-0.05, 0) is 26.1 Å². The molecule has 90 valence electrons. The van der Waals surface area contributed by atoms with Crippen LogP contribution in [0.25, 0.3) is 0 Å². The monoisotopic (exact) mass is 261 g/mol. The molecule has 5 heteroatoms. The lowest BCUT2D eigenvalue weighted by atomic mass is 10.0. The third-order valence-electron chi connectivity index (χ3n) is 2.84. The van der Waals surface area contributed by atoms with Gasteiger partial charge in [-0.3, -0.25) is 9.69 Å². The molecule has 1 rings (SSSR count). The summed E-state index contributed by atoms with van der Waals surface area (Å²) in [5.74, 6) is -1.14. The second-order valence-electron chi connectivity index (χ2n) is 3.99. The van der Waals surface area contributed by atoms with Crippen molar-refractivity contribution in [2.75, 3.05) is 7.05 Å². The molecule has 16 heavy (non-hydrogen) atoms. The van der Waals surface area contributed by atoms with Crippen LogP contribution < -0.4 is 0 Å². The predicted octanol–water partition coefficient (Wildman–Crippen LogP) is 2.94. The summed E-state index contributed by atoms with van der Waals surface area (Å²) in [6.45, 7) is 4.38. The molecule has 3 nitrogen and oxygen atoms in total. The average molecular weight is 262 g/mol. The molecule has 0 aromatic carbocycles. The van der Waals surface area contributed by atoms with Gasteiger partial charge in [-0.1, -0.05) is 18.5 Å². The van der Waals surface area contributed by atoms with Gasteiger partial charge in [0.15, 0.2) is 0 Å². The van der Waals surface area contributed by atoms with Crippen LogP contribution in [0.5, 0.6) is 0 Å². The molecule has 0 radical (unpaired) electrons. The topological polar surface area (TPSA) is 40.5 Å². The van der Waals surface area contributed by atoms with Crippen LogP contribution in [-0.2, 0) is 11.3 Å². The highest BCUT2D eigenvalue weighted by molar-refractivity contribution is 7.16. The van der Waals surface area contributed by atoms with Crippen molar-refractivity contribution < 1.29 is 9.90 Å². The van der Waals surface area contributed by atoms with Crippen molar-refractivity contribution in [3.63, 3.8) is 0 Å². The fourth-order valence-corrected chi connectivity index (χ4v) is 2.57. The largest absolute Gasteiger partial charge is 0.481 e. The van der Waals surface area contributed by atoms with Gasteiger partial charge in [-0.15, -0.1) is 11.3 Å². The van der Waals surface area contributed by atoms with Crippen LogP contribution in [0.3, 0.4) is 0 Å². The van der Waals surface area contributed by atoms with E-state index in [4.69, 9.17) is 16.7 Å². The first-order valence-corrected chi connectivity index (χ1v) is 6.28. The van der Waals surface area contributed by atoms with Crippen LogP contribution in [0.2, 0.25) is 4.34 Å². The number of hydrogen-bond acceptors (Lipinski definition) is 3. The van der Waals surface area contributed by atoms with Gasteiger partial charge in [0.05, 0.1) is 10.3 Å². The van der Waals surface area contributed by atoms with Gasteiger partial charge in [0.1, 0.15) is 0 Å². The maximum atomic E-state index is 10.9. The highest BCUT2D eigenvalue weighted by Crippen LogP contribution is 2.23. The van der Waals surface area contributed by atoms with Crippen molar-refractivity contribution >= 4 is 28.9 Å². The van der Waals surface area contributed by atoms with Gasteiger partial charge in [0.2, 0.25) is 0 Å². The van der Waals surface area contributed by atoms with Crippen molar-refractivity contribution in [2.24, 2.45) is 5.92 Å². The number of carboxylic acid groups (broad SMARTS) is 1. The zero-order valence-electron chi connectivity index (χ0n) is 9.61. The van der Waals surface area contributed by atoms with E-state index in [9.17, 15) is 4.79 Å². The van der Waals surface area contributed by atoms with E-state index >= 15 is 0 Å². The van der Waals surface area contributed by atoms with E-state index in [0.29, 0.717) is 0 Å². The smallest absolute Gasteiger partial charge is 0.307 e. The van der Waals surface area contributed by atoms with Crippen molar-refractivity contribution in [2.45, 2.75) is 26.4 Å². The summed E-state index contributed by atoms with van der Waals surface area (Å²) < 4.78 is 0.766. The molecule has 0 fully saturated rings. The van der Waals surface area contributed by atoms with Crippen LogP contribution in [0, 0.1) is 5.92 Å². The number of carbonyl (C=O) groups is 1. The number of hydrogen-bond donors (Lipinski definition) is 1. The second kappa shape index (κ2) is 5.66. The highest BCUT2D eigenvalue weighted by Gasteiger charge is 2.23. The lowest BCUT2D eigenvalue weighted by Gasteiger charge is -2.27. The average Bonchev–Trinajstić information content (AvgIpc) is 2.61. The summed E-state index contributed by atoms with van der Waals surface area (Å²) in [7, 11) is 1.93. The molecule has 0 aliphatic rings. The maximum Gasteiger partial charge on any atom is 0.307 e. The molecular formula is C11H16ClNO2S. The molecule has 0 saturated heterocycles. The molecule has 0 aliphatic carbocycles. The Morgan fingerprint density at radius 1 is 1.56 bits per heavy atom. The summed E-state index contributed by atoms with van der Waals surface area (Å²) in [5.41, 5.74) is 0. The first-order valence-electron chi connectivity index (χ1n) is 5.09. The first-order chi connectivity index (χ1) is 7.41. The summed E-state index contributed by atoms with van der Waals surface area (Å²) in [4.78, 5) is 14.0. The van der Waals surface area contributed by atoms with Gasteiger partial charge in [-0.2, -0.15) is 0 Å². The standard InChI is InChI=1S/C11H16ClNO2S/c1-7(11(14)15)8(2)13(3)6-9-4-5-10(12)16-9/h4-5,7-8H,6H2,1-3H3,(H,14,15). The fraction of sp³-hybridized carbons (Fsp3) is 0.545. The molecule has 0 amide bonds. The van der Waals surface area contributed by atoms with Crippen molar-refractivity contribution in [1.82, 2.24) is 4.90 Å². The third kappa shape index (κ3) is 3.47. The molecule has 0 aliphatic heterocycles. The summed E-state index contributed by atoms with van der Waals surface area (Å²) in [6, 6.07) is 3.83. The van der Waals surface area contributed by atoms with Crippen molar-refractivity contribution in [3.05, 3.63) is 21.3 Å². The van der Waals surface area contributed by atoms with E-state index < -0.39 is 5.97 Å². The maximum absolute atomic E-state index is 10.9. The lowest BCUT2D eigenvalue weighted by Crippen LogP contribution is -2.37. The molecule has 1 heterocycles. The number of aliphatic carboxylic acids is 1. The zero-order chi connectivity index (χ0) is 12.3. The zero-order valence-corrected chi connectivity index (χ0v) is 11.2. The minimum absolute atomic E-state index is 0.00150. The van der Waals surface area contributed by atoms with Crippen molar-refractivity contribution in [1.29, 1.82) is 0 Å². The van der Waals surface area contributed by atoms with E-state index in [0.717, 1.165) is 15.8 Å². The Hall–Kier alpha value is -0.580. The molecule has 1 aromatic heterocycles. The summed E-state index contributed by atoms with van der Waals surface area (Å²) >= 11 is 7.37. The molecule has 0 bridgehead atoms. The SMILES string of the molecule is CC(C(=O)O)C(C)N(C)Cc1ccc(Cl)s1. The Morgan fingerprint density at radius 3 is 2.62 bits per heavy atom. The predicted molar refractivity (Wildman–Crippen MR) is 67.1 cm³/mol. The van der Waals surface area contributed by atoms with Crippen molar-refractivity contribution in [3.8, 4) is 0 Å². The van der Waals surface area contributed by atoms with Gasteiger partial charge in [0, 0.05) is 17.5 Å². The molecule has 2 atom stereocenters. The summed E-state index contributed by atoms with van der Waals surface area (Å²) in [6.07, 6.45) is 0. The Balaban J connectivity index is 2.58. The van der Waals surface area contributed by atoms with Gasteiger partial charge in [-0.25, -0.2) is 0 Å². The molecule has 1 N–H and O–H groups in total. The summed E-state index contributed by atoms with van der Waals surface area (Å²) in [5, 5.41) is 8.93. The Labute approximate surface area is 105 Å². The minimum atomic E-state index is -0.761. The number of halogens is 1. The highest BCUT2D eigenvalue weighted by atomic mass is 35.5. The Morgan fingerprint density at radius 2 is 2.19 bits per heavy atom.